The monoisotopic (exact) mass is 302 g/mol. The number of pyridine rings is 1. The van der Waals surface area contributed by atoms with E-state index < -0.39 is 0 Å². The van der Waals surface area contributed by atoms with Gasteiger partial charge in [-0.3, -0.25) is 9.78 Å². The average molecular weight is 302 g/mol. The molecule has 0 saturated heterocycles. The van der Waals surface area contributed by atoms with Crippen LogP contribution >= 0.6 is 0 Å². The summed E-state index contributed by atoms with van der Waals surface area (Å²) in [6.45, 7) is 1.98. The topological polar surface area (TPSA) is 51.2 Å². The maximum Gasteiger partial charge on any atom is 0.259 e. The molecule has 1 aliphatic rings. The summed E-state index contributed by atoms with van der Waals surface area (Å²) in [4.78, 5) is 16.7. The van der Waals surface area contributed by atoms with Gasteiger partial charge in [0.2, 0.25) is 0 Å². The number of aromatic nitrogens is 1. The number of hydrogen-bond acceptors (Lipinski definition) is 3. The molecule has 0 atom stereocenters. The zero-order valence-electron chi connectivity index (χ0n) is 12.5. The number of carbonyl (C=O) groups is 1. The van der Waals surface area contributed by atoms with Gasteiger partial charge in [-0.2, -0.15) is 0 Å². The average Bonchev–Trinajstić information content (AvgIpc) is 2.71. The largest absolute Gasteiger partial charge is 0.454 e. The minimum atomic E-state index is -0.171. The maximum atomic E-state index is 12.6. The zero-order chi connectivity index (χ0) is 15.8. The summed E-state index contributed by atoms with van der Waals surface area (Å²) in [7, 11) is 0. The third kappa shape index (κ3) is 2.44. The van der Waals surface area contributed by atoms with E-state index in [9.17, 15) is 4.79 Å². The first-order valence-electron chi connectivity index (χ1n) is 7.35. The molecule has 112 valence electrons. The summed E-state index contributed by atoms with van der Waals surface area (Å²) in [5.74, 6) is 1.03. The second kappa shape index (κ2) is 5.25. The minimum Gasteiger partial charge on any atom is -0.454 e. The van der Waals surface area contributed by atoms with E-state index in [1.54, 1.807) is 12.4 Å². The van der Waals surface area contributed by atoms with Crippen molar-refractivity contribution < 1.29 is 9.53 Å². The number of hydrogen-bond donors (Lipinski definition) is 1. The molecule has 4 heteroatoms. The van der Waals surface area contributed by atoms with E-state index >= 15 is 0 Å². The molecule has 1 aliphatic heterocycles. The smallest absolute Gasteiger partial charge is 0.259 e. The first-order chi connectivity index (χ1) is 11.2. The third-order valence-corrected chi connectivity index (χ3v) is 3.82. The number of anilines is 1. The lowest BCUT2D eigenvalue weighted by atomic mass is 10.0. The molecule has 0 saturated carbocycles. The molecular weight excluding hydrogens is 288 g/mol. The summed E-state index contributed by atoms with van der Waals surface area (Å²) < 4.78 is 5.92. The number of benzene rings is 2. The SMILES string of the molecule is Cc1ccc2c(c1)NC(=O)c1cc(-c3cccnc3)ccc1O2. The normalized spacial score (nSPS) is 12.5. The van der Waals surface area contributed by atoms with Crippen LogP contribution in [0.15, 0.2) is 60.9 Å². The Kier molecular flexibility index (Phi) is 3.08. The zero-order valence-corrected chi connectivity index (χ0v) is 12.5. The summed E-state index contributed by atoms with van der Waals surface area (Å²) in [6.07, 6.45) is 3.50. The van der Waals surface area contributed by atoms with Crippen molar-refractivity contribution in [1.82, 2.24) is 4.98 Å². The molecule has 1 amide bonds. The molecule has 1 aromatic heterocycles. The maximum absolute atomic E-state index is 12.6. The molecule has 23 heavy (non-hydrogen) atoms. The minimum absolute atomic E-state index is 0.171. The Bertz CT molecular complexity index is 904. The fourth-order valence-corrected chi connectivity index (χ4v) is 2.65. The highest BCUT2D eigenvalue weighted by Gasteiger charge is 2.21. The standard InChI is InChI=1S/C19H14N2O2/c1-12-4-6-18-16(9-12)21-19(22)15-10-13(5-7-17(15)23-18)14-3-2-8-20-11-14/h2-11H,1H3,(H,21,22). The highest BCUT2D eigenvalue weighted by Crippen LogP contribution is 2.37. The molecule has 0 unspecified atom stereocenters. The number of carbonyl (C=O) groups excluding carboxylic acids is 1. The summed E-state index contributed by atoms with van der Waals surface area (Å²) >= 11 is 0. The van der Waals surface area contributed by atoms with Gasteiger partial charge in [-0.05, 0) is 48.4 Å². The molecule has 0 fully saturated rings. The first kappa shape index (κ1) is 13.5. The number of rotatable bonds is 1. The van der Waals surface area contributed by atoms with E-state index in [2.05, 4.69) is 10.3 Å². The lowest BCUT2D eigenvalue weighted by Gasteiger charge is -2.09. The van der Waals surface area contributed by atoms with Gasteiger partial charge >= 0.3 is 0 Å². The fraction of sp³-hybridized carbons (Fsp3) is 0.0526. The molecular formula is C19H14N2O2. The predicted octanol–water partition coefficient (Wildman–Crippen LogP) is 4.42. The molecule has 2 aromatic carbocycles. The molecule has 4 rings (SSSR count). The van der Waals surface area contributed by atoms with Crippen molar-refractivity contribution in [3.05, 3.63) is 72.1 Å². The van der Waals surface area contributed by atoms with Crippen LogP contribution in [0.3, 0.4) is 0 Å². The molecule has 3 aromatic rings. The van der Waals surface area contributed by atoms with Gasteiger partial charge in [0.1, 0.15) is 5.75 Å². The summed E-state index contributed by atoms with van der Waals surface area (Å²) in [5.41, 5.74) is 4.16. The van der Waals surface area contributed by atoms with Crippen molar-refractivity contribution in [1.29, 1.82) is 0 Å². The van der Waals surface area contributed by atoms with E-state index in [0.717, 1.165) is 16.7 Å². The number of nitrogens with one attached hydrogen (secondary N) is 1. The van der Waals surface area contributed by atoms with Gasteiger partial charge in [0.05, 0.1) is 11.3 Å². The van der Waals surface area contributed by atoms with Crippen molar-refractivity contribution in [2.24, 2.45) is 0 Å². The van der Waals surface area contributed by atoms with Crippen LogP contribution < -0.4 is 10.1 Å². The highest BCUT2D eigenvalue weighted by molar-refractivity contribution is 6.08. The van der Waals surface area contributed by atoms with Crippen LogP contribution in [0.25, 0.3) is 11.1 Å². The Morgan fingerprint density at radius 3 is 2.70 bits per heavy atom. The number of ether oxygens (including phenoxy) is 1. The van der Waals surface area contributed by atoms with Crippen LogP contribution in [0.2, 0.25) is 0 Å². The first-order valence-corrected chi connectivity index (χ1v) is 7.35. The summed E-state index contributed by atoms with van der Waals surface area (Å²) in [5, 5.41) is 2.92. The second-order valence-electron chi connectivity index (χ2n) is 5.51. The van der Waals surface area contributed by atoms with Gasteiger partial charge in [0.25, 0.3) is 5.91 Å². The van der Waals surface area contributed by atoms with E-state index in [1.165, 1.54) is 0 Å². The van der Waals surface area contributed by atoms with Crippen molar-refractivity contribution >= 4 is 11.6 Å². The van der Waals surface area contributed by atoms with Gasteiger partial charge in [-0.15, -0.1) is 0 Å². The van der Waals surface area contributed by atoms with Crippen LogP contribution in [-0.2, 0) is 0 Å². The molecule has 0 aliphatic carbocycles. The molecule has 4 nitrogen and oxygen atoms in total. The number of fused-ring (bicyclic) bond motifs is 2. The van der Waals surface area contributed by atoms with Crippen molar-refractivity contribution in [2.75, 3.05) is 5.32 Å². The Hall–Kier alpha value is -3.14. The fourth-order valence-electron chi connectivity index (χ4n) is 2.65. The van der Waals surface area contributed by atoms with E-state index in [4.69, 9.17) is 4.74 Å². The van der Waals surface area contributed by atoms with Crippen molar-refractivity contribution in [3.63, 3.8) is 0 Å². The highest BCUT2D eigenvalue weighted by atomic mass is 16.5. The number of amides is 1. The second-order valence-corrected chi connectivity index (χ2v) is 5.51. The number of nitrogens with zero attached hydrogens (tertiary/aromatic N) is 1. The Balaban J connectivity index is 1.80. The molecule has 0 bridgehead atoms. The predicted molar refractivity (Wildman–Crippen MR) is 88.9 cm³/mol. The quantitative estimate of drug-likeness (QED) is 0.724. The van der Waals surface area contributed by atoms with Crippen LogP contribution in [-0.4, -0.2) is 10.9 Å². The molecule has 0 spiro atoms. The van der Waals surface area contributed by atoms with Gasteiger partial charge in [-0.1, -0.05) is 18.2 Å². The van der Waals surface area contributed by atoms with Gasteiger partial charge < -0.3 is 10.1 Å². The van der Waals surface area contributed by atoms with Crippen molar-refractivity contribution in [2.45, 2.75) is 6.92 Å². The Morgan fingerprint density at radius 2 is 1.87 bits per heavy atom. The van der Waals surface area contributed by atoms with Crippen LogP contribution in [0.4, 0.5) is 5.69 Å². The Labute approximate surface area is 133 Å². The van der Waals surface area contributed by atoms with Gasteiger partial charge in [0.15, 0.2) is 5.75 Å². The van der Waals surface area contributed by atoms with Gasteiger partial charge in [-0.25, -0.2) is 0 Å². The van der Waals surface area contributed by atoms with Crippen LogP contribution in [0.1, 0.15) is 15.9 Å². The van der Waals surface area contributed by atoms with Crippen LogP contribution in [0.5, 0.6) is 11.5 Å². The molecule has 0 radical (unpaired) electrons. The lowest BCUT2D eigenvalue weighted by Crippen LogP contribution is -2.10. The molecule has 2 heterocycles. The summed E-state index contributed by atoms with van der Waals surface area (Å²) in [6, 6.07) is 15.2. The number of aryl methyl sites for hydroxylation is 1. The van der Waals surface area contributed by atoms with Crippen molar-refractivity contribution in [3.8, 4) is 22.6 Å². The third-order valence-electron chi connectivity index (χ3n) is 3.82. The van der Waals surface area contributed by atoms with E-state index in [0.29, 0.717) is 22.7 Å². The molecule has 1 N–H and O–H groups in total. The van der Waals surface area contributed by atoms with E-state index in [-0.39, 0.29) is 5.91 Å². The van der Waals surface area contributed by atoms with Crippen LogP contribution in [0, 0.1) is 6.92 Å². The Morgan fingerprint density at radius 1 is 1.00 bits per heavy atom. The van der Waals surface area contributed by atoms with Gasteiger partial charge in [0, 0.05) is 18.0 Å². The van der Waals surface area contributed by atoms with E-state index in [1.807, 2.05) is 55.5 Å². The lowest BCUT2D eigenvalue weighted by molar-refractivity contribution is 0.102.